The molecule has 1 atom stereocenters. The summed E-state index contributed by atoms with van der Waals surface area (Å²) in [6.45, 7) is 5.77. The van der Waals surface area contributed by atoms with Crippen molar-refractivity contribution >= 4 is 49.1 Å². The van der Waals surface area contributed by atoms with Gasteiger partial charge in [0, 0.05) is 47.3 Å². The van der Waals surface area contributed by atoms with Crippen LogP contribution in [0.25, 0.3) is 10.3 Å². The highest BCUT2D eigenvalue weighted by Crippen LogP contribution is 2.31. The molecule has 0 radical (unpaired) electrons. The summed E-state index contributed by atoms with van der Waals surface area (Å²) in [7, 11) is -3.19. The normalized spacial score (nSPS) is 15.7. The molecule has 1 unspecified atom stereocenters. The average molecular weight is 685 g/mol. The van der Waals surface area contributed by atoms with Gasteiger partial charge < -0.3 is 13.9 Å². The summed E-state index contributed by atoms with van der Waals surface area (Å²) in [6, 6.07) is 12.0. The van der Waals surface area contributed by atoms with Crippen LogP contribution >= 0.6 is 22.9 Å². The molecule has 1 fully saturated rings. The minimum absolute atomic E-state index is 0.0660. The smallest absolute Gasteiger partial charge is 0.273 e. The Bertz CT molecular complexity index is 1980. The predicted octanol–water partition coefficient (Wildman–Crippen LogP) is 5.83. The second-order valence-electron chi connectivity index (χ2n) is 11.3. The zero-order valence-electron chi connectivity index (χ0n) is 25.4. The summed E-state index contributed by atoms with van der Waals surface area (Å²) in [5.74, 6) is 0.661. The van der Waals surface area contributed by atoms with Crippen molar-refractivity contribution in [1.29, 1.82) is 4.78 Å². The number of likely N-dealkylation sites (tertiary alicyclic amines) is 1. The van der Waals surface area contributed by atoms with Crippen LogP contribution in [-0.2, 0) is 36.2 Å². The van der Waals surface area contributed by atoms with E-state index >= 15 is 0 Å². The summed E-state index contributed by atoms with van der Waals surface area (Å²) < 4.78 is 45.9. The Balaban J connectivity index is 1.15. The van der Waals surface area contributed by atoms with E-state index in [4.69, 9.17) is 31.1 Å². The van der Waals surface area contributed by atoms with Crippen LogP contribution < -0.4 is 9.46 Å². The maximum Gasteiger partial charge on any atom is 0.273 e. The third kappa shape index (κ3) is 7.41. The molecule has 0 aliphatic carbocycles. The number of benzene rings is 1. The van der Waals surface area contributed by atoms with Crippen molar-refractivity contribution in [2.75, 3.05) is 19.3 Å². The van der Waals surface area contributed by atoms with E-state index in [-0.39, 0.29) is 12.5 Å². The number of pyridine rings is 1. The van der Waals surface area contributed by atoms with Crippen molar-refractivity contribution in [3.05, 3.63) is 93.5 Å². The van der Waals surface area contributed by atoms with Gasteiger partial charge in [0.15, 0.2) is 0 Å². The first-order valence-corrected chi connectivity index (χ1v) is 18.0. The van der Waals surface area contributed by atoms with Gasteiger partial charge in [0.25, 0.3) is 5.91 Å². The van der Waals surface area contributed by atoms with Crippen molar-refractivity contribution in [3.8, 4) is 5.88 Å². The number of ether oxygens (including phenoxy) is 1. The first-order valence-electron chi connectivity index (χ1n) is 14.9. The third-order valence-corrected chi connectivity index (χ3v) is 9.83. The number of amides is 1. The number of rotatable bonds is 11. The number of carbonyl (C=O) groups is 1. The molecule has 1 saturated heterocycles. The molecule has 6 rings (SSSR count). The number of aryl methyl sites for hydroxylation is 1. The number of piperidine rings is 1. The van der Waals surface area contributed by atoms with Crippen LogP contribution in [0.4, 0.5) is 4.39 Å². The molecule has 2 N–H and O–H groups in total. The van der Waals surface area contributed by atoms with Gasteiger partial charge in [-0.05, 0) is 57.1 Å². The Hall–Kier alpha value is -3.85. The van der Waals surface area contributed by atoms with Crippen LogP contribution in [0.5, 0.6) is 5.88 Å². The Morgan fingerprint density at radius 2 is 2.00 bits per heavy atom. The Kier molecular flexibility index (Phi) is 9.41. The lowest BCUT2D eigenvalue weighted by Gasteiger charge is -2.31. The lowest BCUT2D eigenvalue weighted by Crippen LogP contribution is -2.33. The summed E-state index contributed by atoms with van der Waals surface area (Å²) in [4.78, 5) is 30.1. The van der Waals surface area contributed by atoms with E-state index in [1.165, 1.54) is 23.7 Å². The first-order chi connectivity index (χ1) is 22.1. The van der Waals surface area contributed by atoms with Crippen LogP contribution in [-0.4, -0.2) is 58.4 Å². The highest BCUT2D eigenvalue weighted by Gasteiger charge is 2.25. The fourth-order valence-electron chi connectivity index (χ4n) is 5.64. The predicted molar refractivity (Wildman–Crippen MR) is 176 cm³/mol. The van der Waals surface area contributed by atoms with Gasteiger partial charge in [-0.3, -0.25) is 14.4 Å². The third-order valence-electron chi connectivity index (χ3n) is 8.00. The van der Waals surface area contributed by atoms with Gasteiger partial charge in [-0.1, -0.05) is 23.7 Å². The monoisotopic (exact) mass is 684 g/mol. The molecule has 1 aromatic carbocycles. The van der Waals surface area contributed by atoms with Crippen molar-refractivity contribution in [2.45, 2.75) is 51.9 Å². The van der Waals surface area contributed by atoms with E-state index in [0.29, 0.717) is 39.3 Å². The Labute approximate surface area is 275 Å². The molecule has 11 nitrogen and oxygen atoms in total. The second kappa shape index (κ2) is 13.5. The molecule has 0 bridgehead atoms. The highest BCUT2D eigenvalue weighted by molar-refractivity contribution is 7.90. The van der Waals surface area contributed by atoms with E-state index < -0.39 is 21.6 Å². The van der Waals surface area contributed by atoms with Gasteiger partial charge in [-0.15, -0.1) is 11.3 Å². The van der Waals surface area contributed by atoms with Crippen LogP contribution in [0.15, 0.2) is 55.0 Å². The molecule has 1 aliphatic rings. The number of nitrogens with zero attached hydrogens (tertiary/aromatic N) is 6. The molecule has 5 heterocycles. The van der Waals surface area contributed by atoms with Crippen LogP contribution in [0.2, 0.25) is 5.02 Å². The lowest BCUT2D eigenvalue weighted by molar-refractivity contribution is 0.0986. The minimum atomic E-state index is -3.19. The number of imidazole rings is 2. The second-order valence-corrected chi connectivity index (χ2v) is 14.7. The largest absolute Gasteiger partial charge is 0.473 e. The molecular formula is C31H34ClFN8O3S2. The van der Waals surface area contributed by atoms with E-state index in [9.17, 15) is 13.4 Å². The van der Waals surface area contributed by atoms with E-state index in [1.54, 1.807) is 30.6 Å². The van der Waals surface area contributed by atoms with Crippen LogP contribution in [0.1, 0.15) is 58.1 Å². The quantitative estimate of drug-likeness (QED) is 0.179. The average Bonchev–Trinajstić information content (AvgIpc) is 3.72. The van der Waals surface area contributed by atoms with Crippen molar-refractivity contribution in [2.24, 2.45) is 0 Å². The maximum absolute atomic E-state index is 14.2. The fraction of sp³-hybridized carbons (Fsp3) is 0.355. The summed E-state index contributed by atoms with van der Waals surface area (Å²) in [5.41, 5.74) is 3.21. The van der Waals surface area contributed by atoms with E-state index in [2.05, 4.69) is 30.7 Å². The number of aromatic nitrogens is 5. The van der Waals surface area contributed by atoms with Crippen LogP contribution in [0.3, 0.4) is 0 Å². The topological polar surface area (TPSA) is 131 Å². The minimum Gasteiger partial charge on any atom is -0.473 e. The summed E-state index contributed by atoms with van der Waals surface area (Å²) in [5, 5.41) is 0.342. The summed E-state index contributed by atoms with van der Waals surface area (Å²) in [6.07, 6.45) is 6.64. The number of nitrogens with one attached hydrogen (secondary N) is 2. The molecule has 242 valence electrons. The maximum atomic E-state index is 14.2. The molecule has 4 aromatic heterocycles. The molecule has 5 aromatic rings. The van der Waals surface area contributed by atoms with Crippen molar-refractivity contribution in [1.82, 2.24) is 33.7 Å². The van der Waals surface area contributed by atoms with Gasteiger partial charge in [-0.2, -0.15) is 0 Å². The Morgan fingerprint density at radius 3 is 2.74 bits per heavy atom. The molecule has 46 heavy (non-hydrogen) atoms. The zero-order valence-corrected chi connectivity index (χ0v) is 27.8. The van der Waals surface area contributed by atoms with Gasteiger partial charge in [-0.25, -0.2) is 28.3 Å². The fourth-order valence-corrected chi connectivity index (χ4v) is 7.27. The SMILES string of the molecule is CCn1cncc1Cn1c(CN2CCC(c3cccc(OCc4ccc(Cl)cc4F)n3)CC2)nc2sc(C(=O)NS(C)(=N)=O)cc21. The van der Waals surface area contributed by atoms with Gasteiger partial charge in [0.05, 0.1) is 35.5 Å². The zero-order chi connectivity index (χ0) is 32.4. The molecule has 1 aliphatic heterocycles. The number of thiophene rings is 1. The molecular weight excluding hydrogens is 651 g/mol. The number of carbonyl (C=O) groups excluding carboxylic acids is 1. The van der Waals surface area contributed by atoms with Crippen LogP contribution in [0, 0.1) is 10.6 Å². The van der Waals surface area contributed by atoms with Gasteiger partial charge in [0.2, 0.25) is 5.88 Å². The van der Waals surface area contributed by atoms with Crippen molar-refractivity contribution < 1.29 is 18.1 Å². The van der Waals surface area contributed by atoms with Gasteiger partial charge >= 0.3 is 0 Å². The number of halogens is 2. The molecule has 15 heteroatoms. The van der Waals surface area contributed by atoms with E-state index in [0.717, 1.165) is 55.2 Å². The molecule has 0 saturated carbocycles. The number of hydrogen-bond donors (Lipinski definition) is 2. The molecule has 0 spiro atoms. The first kappa shape index (κ1) is 32.1. The summed E-state index contributed by atoms with van der Waals surface area (Å²) >= 11 is 7.09. The number of fused-ring (bicyclic) bond motifs is 1. The van der Waals surface area contributed by atoms with Gasteiger partial charge in [0.1, 0.15) is 33.0 Å². The Morgan fingerprint density at radius 1 is 1.20 bits per heavy atom. The lowest BCUT2D eigenvalue weighted by atomic mass is 9.93. The number of hydrogen-bond acceptors (Lipinski definition) is 9. The van der Waals surface area contributed by atoms with Crippen molar-refractivity contribution in [3.63, 3.8) is 0 Å². The molecule has 1 amide bonds. The van der Waals surface area contributed by atoms with E-state index in [1.807, 2.05) is 18.3 Å². The standard InChI is InChI=1S/C31H34ClFN8O3S2/c1-3-40-19-35-15-23(40)16-41-26-14-27(30(42)38-46(2,34)43)45-31(26)37-28(41)17-39-11-9-20(10-12-39)25-5-4-6-29(36-25)44-18-21-7-8-22(32)13-24(21)33/h4-8,13-15,19-20H,3,9-12,16-18H2,1-2H3,(H2,34,38,42,43). The highest BCUT2D eigenvalue weighted by atomic mass is 35.5.